The zero-order valence-corrected chi connectivity index (χ0v) is 26.0. The van der Waals surface area contributed by atoms with Crippen molar-refractivity contribution in [3.63, 3.8) is 0 Å². The summed E-state index contributed by atoms with van der Waals surface area (Å²) < 4.78 is 11.1. The van der Waals surface area contributed by atoms with E-state index in [1.165, 1.54) is 18.7 Å². The number of esters is 2. The number of benzene rings is 1. The third kappa shape index (κ3) is 10.8. The molecule has 2 fully saturated rings. The van der Waals surface area contributed by atoms with Crippen LogP contribution in [0.2, 0.25) is 0 Å². The number of ketones is 1. The van der Waals surface area contributed by atoms with Crippen LogP contribution in [0.5, 0.6) is 0 Å². The molecule has 0 spiro atoms. The molecule has 3 N–H and O–H groups in total. The van der Waals surface area contributed by atoms with Crippen molar-refractivity contribution in [1.82, 2.24) is 15.1 Å². The Bertz CT molecular complexity index is 1260. The maximum atomic E-state index is 13.7. The number of carbonyl (C=O) groups is 6. The number of nitrogens with one attached hydrogen (secondary N) is 2. The van der Waals surface area contributed by atoms with E-state index in [1.807, 2.05) is 0 Å². The summed E-state index contributed by atoms with van der Waals surface area (Å²) in [7, 11) is 0. The normalized spacial score (nSPS) is 17.9. The van der Waals surface area contributed by atoms with Gasteiger partial charge in [-0.1, -0.05) is 18.7 Å². The van der Waals surface area contributed by atoms with Crippen molar-refractivity contribution in [1.29, 1.82) is 0 Å². The number of rotatable bonds is 15. The van der Waals surface area contributed by atoms with Gasteiger partial charge in [0.2, 0.25) is 11.7 Å². The van der Waals surface area contributed by atoms with Gasteiger partial charge in [-0.05, 0) is 50.8 Å². The standard InChI is InChI=1S/C32H44N4O9/c1-4-28(40)44-21-32(2,3)29(41)30(42)36-16-6-5-10-24(36)31(43)45-25(13-17-35-18-14-33-15-19-35)22-8-7-9-23(20-22)34-26(37)11-12-27(38)39/h4,7-9,20,24-25,33H,1,5-6,10-19,21H2,2-3H3,(H,34,37)(H,38,39)/t24-,25?/m0/s1. The van der Waals surface area contributed by atoms with Crippen molar-refractivity contribution in [3.8, 4) is 0 Å². The molecule has 2 aliphatic heterocycles. The molecule has 0 radical (unpaired) electrons. The largest absolute Gasteiger partial charge is 0.481 e. The number of likely N-dealkylation sites (tertiary alicyclic amines) is 1. The number of hydrogen-bond donors (Lipinski definition) is 3. The molecular weight excluding hydrogens is 584 g/mol. The van der Waals surface area contributed by atoms with Crippen molar-refractivity contribution >= 4 is 41.2 Å². The van der Waals surface area contributed by atoms with Gasteiger partial charge in [0.1, 0.15) is 18.8 Å². The second-order valence-electron chi connectivity index (χ2n) is 11.9. The lowest BCUT2D eigenvalue weighted by Gasteiger charge is -2.36. The van der Waals surface area contributed by atoms with Crippen LogP contribution in [0.25, 0.3) is 0 Å². The molecule has 0 aliphatic carbocycles. The van der Waals surface area contributed by atoms with Gasteiger partial charge < -0.3 is 35.0 Å². The molecule has 1 unspecified atom stereocenters. The summed E-state index contributed by atoms with van der Waals surface area (Å²) in [4.78, 5) is 78.5. The number of carboxylic acid groups (broad SMARTS) is 1. The first kappa shape index (κ1) is 35.4. The zero-order chi connectivity index (χ0) is 33.0. The number of carboxylic acids is 1. The highest BCUT2D eigenvalue weighted by Crippen LogP contribution is 2.29. The summed E-state index contributed by atoms with van der Waals surface area (Å²) in [5, 5.41) is 14.9. The Morgan fingerprint density at radius 2 is 1.84 bits per heavy atom. The molecule has 3 rings (SSSR count). The minimum Gasteiger partial charge on any atom is -0.481 e. The summed E-state index contributed by atoms with van der Waals surface area (Å²) in [6, 6.07) is 5.88. The van der Waals surface area contributed by atoms with Crippen LogP contribution in [0.15, 0.2) is 36.9 Å². The van der Waals surface area contributed by atoms with Gasteiger partial charge in [0.15, 0.2) is 0 Å². The molecule has 0 bridgehead atoms. The predicted octanol–water partition coefficient (Wildman–Crippen LogP) is 2.08. The van der Waals surface area contributed by atoms with E-state index < -0.39 is 53.1 Å². The number of ether oxygens (including phenoxy) is 2. The summed E-state index contributed by atoms with van der Waals surface area (Å²) in [6.07, 6.45) is 1.84. The second kappa shape index (κ2) is 16.8. The Kier molecular flexibility index (Phi) is 13.2. The van der Waals surface area contributed by atoms with Gasteiger partial charge in [0.05, 0.1) is 11.8 Å². The smallest absolute Gasteiger partial charge is 0.330 e. The molecule has 1 aromatic rings. The first-order valence-electron chi connectivity index (χ1n) is 15.3. The number of piperazine rings is 1. The molecule has 2 amide bonds. The summed E-state index contributed by atoms with van der Waals surface area (Å²) in [5.41, 5.74) is -0.252. The highest BCUT2D eigenvalue weighted by atomic mass is 16.5. The number of carbonyl (C=O) groups excluding carboxylic acids is 5. The van der Waals surface area contributed by atoms with Crippen molar-refractivity contribution in [3.05, 3.63) is 42.5 Å². The maximum absolute atomic E-state index is 13.7. The van der Waals surface area contributed by atoms with Gasteiger partial charge in [-0.2, -0.15) is 0 Å². The van der Waals surface area contributed by atoms with Gasteiger partial charge in [-0.3, -0.25) is 19.2 Å². The van der Waals surface area contributed by atoms with E-state index in [9.17, 15) is 28.8 Å². The fourth-order valence-corrected chi connectivity index (χ4v) is 5.22. The molecule has 0 aromatic heterocycles. The van der Waals surface area contributed by atoms with Crippen molar-refractivity contribution in [2.24, 2.45) is 5.41 Å². The number of amides is 2. The summed E-state index contributed by atoms with van der Waals surface area (Å²) in [5.74, 6) is -4.48. The van der Waals surface area contributed by atoms with Crippen molar-refractivity contribution in [2.75, 3.05) is 51.2 Å². The zero-order valence-electron chi connectivity index (χ0n) is 26.0. The molecule has 45 heavy (non-hydrogen) atoms. The highest BCUT2D eigenvalue weighted by molar-refractivity contribution is 6.38. The fraction of sp³-hybridized carbons (Fsp3) is 0.562. The Morgan fingerprint density at radius 1 is 1.11 bits per heavy atom. The second-order valence-corrected chi connectivity index (χ2v) is 11.9. The number of Topliss-reactive ketones (excluding diaryl/α,β-unsaturated/α-hetero) is 1. The van der Waals surface area contributed by atoms with E-state index in [1.54, 1.807) is 24.3 Å². The van der Waals surface area contributed by atoms with Crippen LogP contribution < -0.4 is 10.6 Å². The van der Waals surface area contributed by atoms with Crippen LogP contribution in [0, 0.1) is 5.41 Å². The van der Waals surface area contributed by atoms with E-state index in [0.717, 1.165) is 32.3 Å². The van der Waals surface area contributed by atoms with E-state index in [0.29, 0.717) is 43.5 Å². The van der Waals surface area contributed by atoms with Gasteiger partial charge in [0.25, 0.3) is 5.91 Å². The minimum absolute atomic E-state index is 0.182. The van der Waals surface area contributed by atoms with E-state index >= 15 is 0 Å². The van der Waals surface area contributed by atoms with Crippen LogP contribution in [0.3, 0.4) is 0 Å². The quantitative estimate of drug-likeness (QED) is 0.148. The average molecular weight is 629 g/mol. The van der Waals surface area contributed by atoms with E-state index in [2.05, 4.69) is 22.1 Å². The van der Waals surface area contributed by atoms with Crippen LogP contribution >= 0.6 is 0 Å². The molecule has 1 aromatic carbocycles. The molecule has 0 saturated carbocycles. The molecule has 2 saturated heterocycles. The highest BCUT2D eigenvalue weighted by Gasteiger charge is 2.42. The molecule has 246 valence electrons. The monoisotopic (exact) mass is 628 g/mol. The molecule has 13 heteroatoms. The number of piperidine rings is 1. The van der Waals surface area contributed by atoms with Crippen LogP contribution in [0.1, 0.15) is 64.0 Å². The van der Waals surface area contributed by atoms with Gasteiger partial charge in [-0.25, -0.2) is 9.59 Å². The average Bonchev–Trinajstić information content (AvgIpc) is 3.04. The lowest BCUT2D eigenvalue weighted by atomic mass is 9.87. The number of aliphatic carboxylic acids is 1. The van der Waals surface area contributed by atoms with Crippen molar-refractivity contribution in [2.45, 2.75) is 64.5 Å². The number of nitrogens with zero attached hydrogens (tertiary/aromatic N) is 2. The summed E-state index contributed by atoms with van der Waals surface area (Å²) in [6.45, 7) is 10.2. The van der Waals surface area contributed by atoms with Gasteiger partial charge in [-0.15, -0.1) is 0 Å². The fourth-order valence-electron chi connectivity index (χ4n) is 5.22. The number of anilines is 1. The maximum Gasteiger partial charge on any atom is 0.330 e. The first-order chi connectivity index (χ1) is 21.4. The summed E-state index contributed by atoms with van der Waals surface area (Å²) >= 11 is 0. The lowest BCUT2D eigenvalue weighted by molar-refractivity contribution is -0.165. The molecular formula is C32H44N4O9. The predicted molar refractivity (Wildman–Crippen MR) is 164 cm³/mol. The Hall–Kier alpha value is -4.10. The van der Waals surface area contributed by atoms with Crippen LogP contribution in [0.4, 0.5) is 5.69 Å². The Morgan fingerprint density at radius 3 is 2.53 bits per heavy atom. The molecule has 2 aliphatic rings. The van der Waals surface area contributed by atoms with Gasteiger partial charge >= 0.3 is 17.9 Å². The third-order valence-corrected chi connectivity index (χ3v) is 7.87. The molecule has 2 atom stereocenters. The first-order valence-corrected chi connectivity index (χ1v) is 15.3. The Balaban J connectivity index is 1.78. The van der Waals surface area contributed by atoms with Gasteiger partial charge in [0, 0.05) is 63.9 Å². The molecule has 13 nitrogen and oxygen atoms in total. The van der Waals surface area contributed by atoms with Crippen molar-refractivity contribution < 1.29 is 43.3 Å². The molecule has 2 heterocycles. The van der Waals surface area contributed by atoms with E-state index in [-0.39, 0.29) is 26.0 Å². The van der Waals surface area contributed by atoms with E-state index in [4.69, 9.17) is 14.6 Å². The van der Waals surface area contributed by atoms with Crippen LogP contribution in [-0.2, 0) is 38.2 Å². The van der Waals surface area contributed by atoms with Crippen LogP contribution in [-0.4, -0.2) is 102 Å². The SMILES string of the molecule is C=CC(=O)OCC(C)(C)C(=O)C(=O)N1CCCC[C@H]1C(=O)OC(CCN1CCNCC1)c1cccc(NC(=O)CCC(=O)O)c1. The Labute approximate surface area is 263 Å². The number of hydrogen-bond acceptors (Lipinski definition) is 10. The topological polar surface area (TPSA) is 172 Å². The third-order valence-electron chi connectivity index (χ3n) is 7.87. The lowest BCUT2D eigenvalue weighted by Crippen LogP contribution is -2.54. The minimum atomic E-state index is -1.32.